The summed E-state index contributed by atoms with van der Waals surface area (Å²) in [6.07, 6.45) is 0.327. The number of H-pyrrole nitrogens is 1. The van der Waals surface area contributed by atoms with Crippen LogP contribution >= 0.6 is 11.3 Å². The van der Waals surface area contributed by atoms with E-state index in [9.17, 15) is 14.7 Å². The van der Waals surface area contributed by atoms with Gasteiger partial charge < -0.3 is 15.2 Å². The predicted octanol–water partition coefficient (Wildman–Crippen LogP) is 0.826. The Morgan fingerprint density at radius 3 is 2.88 bits per heavy atom. The number of aromatic nitrogens is 2. The Labute approximate surface area is 99.2 Å². The van der Waals surface area contributed by atoms with Gasteiger partial charge >= 0.3 is 5.97 Å². The summed E-state index contributed by atoms with van der Waals surface area (Å²) in [4.78, 5) is 29.0. The summed E-state index contributed by atoms with van der Waals surface area (Å²) in [7, 11) is 0. The first kappa shape index (κ1) is 11.3. The van der Waals surface area contributed by atoms with Gasteiger partial charge in [0.1, 0.15) is 5.82 Å². The predicted molar refractivity (Wildman–Crippen MR) is 60.6 cm³/mol. The molecule has 0 bridgehead atoms. The van der Waals surface area contributed by atoms with E-state index in [0.29, 0.717) is 6.42 Å². The summed E-state index contributed by atoms with van der Waals surface area (Å²) in [5.41, 5.74) is -1.47. The van der Waals surface area contributed by atoms with Crippen LogP contribution in [-0.2, 0) is 6.42 Å². The van der Waals surface area contributed by atoms with Gasteiger partial charge in [0.05, 0.1) is 0 Å². The highest BCUT2D eigenvalue weighted by molar-refractivity contribution is 7.09. The van der Waals surface area contributed by atoms with E-state index in [1.54, 1.807) is 0 Å². The Morgan fingerprint density at radius 1 is 1.53 bits per heavy atom. The fraction of sp³-hybridized carbons (Fsp3) is 0.100. The molecule has 0 saturated carbocycles. The van der Waals surface area contributed by atoms with Gasteiger partial charge in [-0.1, -0.05) is 6.07 Å². The number of hydrogen-bond acceptors (Lipinski definition) is 5. The summed E-state index contributed by atoms with van der Waals surface area (Å²) >= 11 is 1.47. The van der Waals surface area contributed by atoms with Gasteiger partial charge in [-0.2, -0.15) is 0 Å². The maximum Gasteiger partial charge on any atom is 0.358 e. The van der Waals surface area contributed by atoms with Crippen molar-refractivity contribution >= 4 is 17.3 Å². The van der Waals surface area contributed by atoms with Crippen molar-refractivity contribution < 1.29 is 15.0 Å². The van der Waals surface area contributed by atoms with E-state index in [4.69, 9.17) is 5.11 Å². The number of carboxylic acids is 1. The van der Waals surface area contributed by atoms with Gasteiger partial charge in [-0.3, -0.25) is 4.79 Å². The molecule has 2 heterocycles. The van der Waals surface area contributed by atoms with Crippen molar-refractivity contribution in [1.82, 2.24) is 9.97 Å². The standard InChI is InChI=1S/C10H8N2O4S/c13-8-7(10(15)16)11-6(12-9(8)14)4-5-2-1-3-17-5/h1-3,13H,4H2,(H,15,16)(H,11,12,14). The first-order valence-corrected chi connectivity index (χ1v) is 5.53. The molecular weight excluding hydrogens is 244 g/mol. The average Bonchev–Trinajstić information content (AvgIpc) is 2.75. The molecular formula is C10H8N2O4S. The molecule has 0 atom stereocenters. The molecule has 88 valence electrons. The third-order valence-corrected chi connectivity index (χ3v) is 2.94. The molecule has 2 aromatic heterocycles. The molecule has 0 fully saturated rings. The van der Waals surface area contributed by atoms with E-state index in [1.165, 1.54) is 11.3 Å². The van der Waals surface area contributed by atoms with Crippen LogP contribution in [-0.4, -0.2) is 26.2 Å². The Balaban J connectivity index is 2.43. The van der Waals surface area contributed by atoms with Crippen molar-refractivity contribution in [2.75, 3.05) is 0 Å². The summed E-state index contributed by atoms with van der Waals surface area (Å²) in [6.45, 7) is 0. The zero-order chi connectivity index (χ0) is 12.4. The number of hydrogen-bond donors (Lipinski definition) is 3. The largest absolute Gasteiger partial charge is 0.501 e. The molecule has 0 aliphatic carbocycles. The first-order chi connectivity index (χ1) is 8.08. The maximum absolute atomic E-state index is 11.3. The molecule has 0 saturated heterocycles. The molecule has 0 radical (unpaired) electrons. The maximum atomic E-state index is 11.3. The van der Waals surface area contributed by atoms with Crippen LogP contribution in [0.15, 0.2) is 22.3 Å². The topological polar surface area (TPSA) is 103 Å². The quantitative estimate of drug-likeness (QED) is 0.750. The molecule has 6 nitrogen and oxygen atoms in total. The van der Waals surface area contributed by atoms with Gasteiger partial charge in [0.25, 0.3) is 5.56 Å². The number of carbonyl (C=O) groups is 1. The lowest BCUT2D eigenvalue weighted by atomic mass is 10.3. The second-order valence-electron chi connectivity index (χ2n) is 3.27. The number of aromatic hydroxyl groups is 1. The van der Waals surface area contributed by atoms with Crippen LogP contribution in [0.5, 0.6) is 5.75 Å². The normalized spacial score (nSPS) is 10.4. The number of aromatic carboxylic acids is 1. The second-order valence-corrected chi connectivity index (χ2v) is 4.30. The van der Waals surface area contributed by atoms with Crippen molar-refractivity contribution in [1.29, 1.82) is 0 Å². The van der Waals surface area contributed by atoms with E-state index in [2.05, 4.69) is 9.97 Å². The number of carboxylic acid groups (broad SMARTS) is 1. The average molecular weight is 252 g/mol. The summed E-state index contributed by atoms with van der Waals surface area (Å²) in [6, 6.07) is 3.69. The molecule has 7 heteroatoms. The molecule has 17 heavy (non-hydrogen) atoms. The Bertz CT molecular complexity index is 603. The van der Waals surface area contributed by atoms with Crippen molar-refractivity contribution in [3.8, 4) is 5.75 Å². The van der Waals surface area contributed by atoms with Gasteiger partial charge in [-0.15, -0.1) is 11.3 Å². The zero-order valence-electron chi connectivity index (χ0n) is 8.51. The van der Waals surface area contributed by atoms with E-state index in [-0.39, 0.29) is 5.82 Å². The molecule has 0 amide bonds. The monoisotopic (exact) mass is 252 g/mol. The lowest BCUT2D eigenvalue weighted by molar-refractivity contribution is 0.0686. The number of nitrogens with one attached hydrogen (secondary N) is 1. The highest BCUT2D eigenvalue weighted by Gasteiger charge is 2.16. The summed E-state index contributed by atoms with van der Waals surface area (Å²) < 4.78 is 0. The molecule has 0 unspecified atom stereocenters. The fourth-order valence-corrected chi connectivity index (χ4v) is 2.03. The lowest BCUT2D eigenvalue weighted by Crippen LogP contribution is -2.17. The number of rotatable bonds is 3. The molecule has 0 aliphatic heterocycles. The first-order valence-electron chi connectivity index (χ1n) is 4.65. The van der Waals surface area contributed by atoms with E-state index < -0.39 is 23.0 Å². The van der Waals surface area contributed by atoms with Gasteiger partial charge in [0.15, 0.2) is 5.69 Å². The minimum absolute atomic E-state index is 0.215. The van der Waals surface area contributed by atoms with Crippen LogP contribution in [0.4, 0.5) is 0 Å². The number of aromatic amines is 1. The molecule has 0 aromatic carbocycles. The summed E-state index contributed by atoms with van der Waals surface area (Å²) in [5, 5.41) is 19.9. The molecule has 2 aromatic rings. The highest BCUT2D eigenvalue weighted by atomic mass is 32.1. The van der Waals surface area contributed by atoms with E-state index >= 15 is 0 Å². The van der Waals surface area contributed by atoms with E-state index in [0.717, 1.165) is 4.88 Å². The number of nitrogens with zero attached hydrogens (tertiary/aromatic N) is 1. The molecule has 2 rings (SSSR count). The number of thiophene rings is 1. The van der Waals surface area contributed by atoms with Crippen molar-refractivity contribution in [3.63, 3.8) is 0 Å². The van der Waals surface area contributed by atoms with Crippen molar-refractivity contribution in [3.05, 3.63) is 44.3 Å². The van der Waals surface area contributed by atoms with Crippen LogP contribution in [0, 0.1) is 0 Å². The van der Waals surface area contributed by atoms with Gasteiger partial charge in [-0.25, -0.2) is 9.78 Å². The van der Waals surface area contributed by atoms with Crippen LogP contribution in [0.1, 0.15) is 21.2 Å². The van der Waals surface area contributed by atoms with Gasteiger partial charge in [0.2, 0.25) is 5.75 Å². The van der Waals surface area contributed by atoms with E-state index in [1.807, 2.05) is 17.5 Å². The Kier molecular flexibility index (Phi) is 2.92. The molecule has 0 spiro atoms. The fourth-order valence-electron chi connectivity index (χ4n) is 1.32. The van der Waals surface area contributed by atoms with Crippen LogP contribution in [0.25, 0.3) is 0 Å². The molecule has 0 aliphatic rings. The van der Waals surface area contributed by atoms with Crippen LogP contribution in [0.2, 0.25) is 0 Å². The molecule has 3 N–H and O–H groups in total. The third kappa shape index (κ3) is 2.34. The Hall–Kier alpha value is -2.15. The minimum atomic E-state index is -1.43. The lowest BCUT2D eigenvalue weighted by Gasteiger charge is -2.02. The minimum Gasteiger partial charge on any atom is -0.501 e. The Morgan fingerprint density at radius 2 is 2.29 bits per heavy atom. The summed E-state index contributed by atoms with van der Waals surface area (Å²) in [5.74, 6) is -2.08. The van der Waals surface area contributed by atoms with Crippen LogP contribution in [0.3, 0.4) is 0 Å². The van der Waals surface area contributed by atoms with Crippen molar-refractivity contribution in [2.45, 2.75) is 6.42 Å². The SMILES string of the molecule is O=C(O)c1nc(Cc2cccs2)[nH]c(=O)c1O. The zero-order valence-corrected chi connectivity index (χ0v) is 9.32. The van der Waals surface area contributed by atoms with Crippen LogP contribution < -0.4 is 5.56 Å². The van der Waals surface area contributed by atoms with Crippen molar-refractivity contribution in [2.24, 2.45) is 0 Å². The van der Waals surface area contributed by atoms with Gasteiger partial charge in [-0.05, 0) is 11.4 Å². The van der Waals surface area contributed by atoms with Gasteiger partial charge in [0, 0.05) is 11.3 Å². The third-order valence-electron chi connectivity index (χ3n) is 2.07. The highest BCUT2D eigenvalue weighted by Crippen LogP contribution is 2.14. The smallest absolute Gasteiger partial charge is 0.358 e. The second kappa shape index (κ2) is 4.38.